The highest BCUT2D eigenvalue weighted by Crippen LogP contribution is 2.32. The Hall–Kier alpha value is -1.10. The predicted octanol–water partition coefficient (Wildman–Crippen LogP) is 4.81. The predicted molar refractivity (Wildman–Crippen MR) is 67.1 cm³/mol. The molecule has 0 aromatic heterocycles. The van der Waals surface area contributed by atoms with Crippen molar-refractivity contribution in [3.8, 4) is 0 Å². The summed E-state index contributed by atoms with van der Waals surface area (Å²) in [6.45, 7) is 2.09. The highest BCUT2D eigenvalue weighted by Gasteiger charge is 2.34. The maximum atomic E-state index is 13.4. The van der Waals surface area contributed by atoms with E-state index in [1.54, 1.807) is 0 Å². The van der Waals surface area contributed by atoms with Crippen LogP contribution in [0.5, 0.6) is 0 Å². The fourth-order valence-corrected chi connectivity index (χ4v) is 1.95. The van der Waals surface area contributed by atoms with Gasteiger partial charge >= 0.3 is 6.18 Å². The minimum Gasteiger partial charge on any atom is -0.324 e. The summed E-state index contributed by atoms with van der Waals surface area (Å²) in [6, 6.07) is 2.51. The molecule has 0 radical (unpaired) electrons. The lowest BCUT2D eigenvalue weighted by atomic mass is 9.99. The molecule has 1 aromatic rings. The third-order valence-electron chi connectivity index (χ3n) is 3.10. The summed E-state index contributed by atoms with van der Waals surface area (Å²) in [4.78, 5) is 0. The van der Waals surface area contributed by atoms with Gasteiger partial charge in [0.15, 0.2) is 0 Å². The van der Waals surface area contributed by atoms with Crippen LogP contribution in [0, 0.1) is 5.82 Å². The Morgan fingerprint density at radius 1 is 1.16 bits per heavy atom. The first-order valence-electron chi connectivity index (χ1n) is 6.48. The van der Waals surface area contributed by atoms with Crippen molar-refractivity contribution in [1.29, 1.82) is 0 Å². The van der Waals surface area contributed by atoms with Gasteiger partial charge in [-0.2, -0.15) is 13.2 Å². The quantitative estimate of drug-likeness (QED) is 0.585. The molecule has 0 saturated heterocycles. The van der Waals surface area contributed by atoms with Crippen LogP contribution in [-0.2, 0) is 6.18 Å². The Labute approximate surface area is 110 Å². The smallest absolute Gasteiger partial charge is 0.324 e. The molecular weight excluding hydrogens is 258 g/mol. The normalized spacial score (nSPS) is 13.6. The van der Waals surface area contributed by atoms with E-state index in [4.69, 9.17) is 5.73 Å². The van der Waals surface area contributed by atoms with E-state index in [0.29, 0.717) is 12.0 Å². The van der Waals surface area contributed by atoms with Crippen LogP contribution in [0.1, 0.15) is 56.2 Å². The largest absolute Gasteiger partial charge is 0.419 e. The van der Waals surface area contributed by atoms with Gasteiger partial charge in [0.25, 0.3) is 0 Å². The van der Waals surface area contributed by atoms with Gasteiger partial charge in [0.05, 0.1) is 5.56 Å². The highest BCUT2D eigenvalue weighted by molar-refractivity contribution is 5.28. The van der Waals surface area contributed by atoms with Crippen molar-refractivity contribution in [2.24, 2.45) is 5.73 Å². The molecule has 108 valence electrons. The van der Waals surface area contributed by atoms with E-state index in [2.05, 4.69) is 6.92 Å². The SMILES string of the molecule is CCCCCCC(N)c1ccc(C(F)(F)F)c(F)c1. The van der Waals surface area contributed by atoms with Crippen LogP contribution in [-0.4, -0.2) is 0 Å². The number of benzene rings is 1. The summed E-state index contributed by atoms with van der Waals surface area (Å²) < 4.78 is 50.6. The van der Waals surface area contributed by atoms with Gasteiger partial charge in [-0.3, -0.25) is 0 Å². The van der Waals surface area contributed by atoms with E-state index < -0.39 is 23.6 Å². The number of hydrogen-bond acceptors (Lipinski definition) is 1. The molecule has 1 aromatic carbocycles. The molecule has 1 nitrogen and oxygen atoms in total. The van der Waals surface area contributed by atoms with Gasteiger partial charge in [0.2, 0.25) is 0 Å². The van der Waals surface area contributed by atoms with Crippen LogP contribution < -0.4 is 5.73 Å². The minimum atomic E-state index is -4.66. The van der Waals surface area contributed by atoms with E-state index in [-0.39, 0.29) is 0 Å². The van der Waals surface area contributed by atoms with Crippen molar-refractivity contribution >= 4 is 0 Å². The molecule has 0 aliphatic carbocycles. The van der Waals surface area contributed by atoms with Gasteiger partial charge in [-0.05, 0) is 24.1 Å². The molecule has 0 amide bonds. The molecule has 1 unspecified atom stereocenters. The second kappa shape index (κ2) is 6.89. The molecule has 0 spiro atoms. The van der Waals surface area contributed by atoms with Crippen LogP contribution in [0.15, 0.2) is 18.2 Å². The summed E-state index contributed by atoms with van der Waals surface area (Å²) in [5, 5.41) is 0. The van der Waals surface area contributed by atoms with Crippen LogP contribution in [0.25, 0.3) is 0 Å². The average molecular weight is 277 g/mol. The van der Waals surface area contributed by atoms with Crippen LogP contribution >= 0.6 is 0 Å². The van der Waals surface area contributed by atoms with Crippen molar-refractivity contribution in [3.63, 3.8) is 0 Å². The Morgan fingerprint density at radius 3 is 2.37 bits per heavy atom. The van der Waals surface area contributed by atoms with E-state index >= 15 is 0 Å². The molecule has 0 saturated carbocycles. The summed E-state index contributed by atoms with van der Waals surface area (Å²) in [7, 11) is 0. The monoisotopic (exact) mass is 277 g/mol. The molecule has 0 fully saturated rings. The zero-order valence-corrected chi connectivity index (χ0v) is 10.9. The Bertz CT molecular complexity index is 401. The van der Waals surface area contributed by atoms with Crippen molar-refractivity contribution in [2.75, 3.05) is 0 Å². The van der Waals surface area contributed by atoms with Gasteiger partial charge in [0, 0.05) is 6.04 Å². The zero-order chi connectivity index (χ0) is 14.5. The molecular formula is C14H19F4N. The van der Waals surface area contributed by atoms with E-state index in [9.17, 15) is 17.6 Å². The lowest BCUT2D eigenvalue weighted by Gasteiger charge is -2.14. The van der Waals surface area contributed by atoms with Gasteiger partial charge in [0.1, 0.15) is 5.82 Å². The maximum absolute atomic E-state index is 13.4. The molecule has 1 atom stereocenters. The molecule has 5 heteroatoms. The Morgan fingerprint density at radius 2 is 1.84 bits per heavy atom. The van der Waals surface area contributed by atoms with Gasteiger partial charge < -0.3 is 5.73 Å². The van der Waals surface area contributed by atoms with Crippen LogP contribution in [0.2, 0.25) is 0 Å². The standard InChI is InChI=1S/C14H19F4N/c1-2-3-4-5-6-13(19)10-7-8-11(12(15)9-10)14(16,17)18/h7-9,13H,2-6,19H2,1H3. The average Bonchev–Trinajstić information content (AvgIpc) is 2.32. The van der Waals surface area contributed by atoms with Crippen molar-refractivity contribution in [1.82, 2.24) is 0 Å². The first kappa shape index (κ1) is 16.0. The fourth-order valence-electron chi connectivity index (χ4n) is 1.95. The minimum absolute atomic E-state index is 0.409. The maximum Gasteiger partial charge on any atom is 0.419 e. The first-order chi connectivity index (χ1) is 8.86. The molecule has 0 aliphatic rings. The Balaban J connectivity index is 2.67. The number of unbranched alkanes of at least 4 members (excludes halogenated alkanes) is 3. The van der Waals surface area contributed by atoms with Crippen LogP contribution in [0.4, 0.5) is 17.6 Å². The topological polar surface area (TPSA) is 26.0 Å². The highest BCUT2D eigenvalue weighted by atomic mass is 19.4. The molecule has 19 heavy (non-hydrogen) atoms. The summed E-state index contributed by atoms with van der Waals surface area (Å²) >= 11 is 0. The molecule has 0 bridgehead atoms. The third kappa shape index (κ3) is 4.82. The lowest BCUT2D eigenvalue weighted by Crippen LogP contribution is -2.13. The fraction of sp³-hybridized carbons (Fsp3) is 0.571. The van der Waals surface area contributed by atoms with E-state index in [0.717, 1.165) is 37.8 Å². The summed E-state index contributed by atoms with van der Waals surface area (Å²) in [5.74, 6) is -1.26. The number of halogens is 4. The number of nitrogens with two attached hydrogens (primary N) is 1. The number of rotatable bonds is 6. The van der Waals surface area contributed by atoms with Crippen molar-refractivity contribution in [2.45, 2.75) is 51.2 Å². The first-order valence-corrected chi connectivity index (χ1v) is 6.48. The van der Waals surface area contributed by atoms with Gasteiger partial charge in [-0.1, -0.05) is 38.7 Å². The lowest BCUT2D eigenvalue weighted by molar-refractivity contribution is -0.140. The van der Waals surface area contributed by atoms with Crippen LogP contribution in [0.3, 0.4) is 0 Å². The zero-order valence-electron chi connectivity index (χ0n) is 10.9. The van der Waals surface area contributed by atoms with Crippen molar-refractivity contribution < 1.29 is 17.6 Å². The van der Waals surface area contributed by atoms with Gasteiger partial charge in [-0.25, -0.2) is 4.39 Å². The van der Waals surface area contributed by atoms with E-state index in [1.165, 1.54) is 6.07 Å². The molecule has 2 N–H and O–H groups in total. The van der Waals surface area contributed by atoms with E-state index in [1.807, 2.05) is 0 Å². The Kier molecular flexibility index (Phi) is 5.79. The van der Waals surface area contributed by atoms with Crippen molar-refractivity contribution in [3.05, 3.63) is 35.1 Å². The second-order valence-electron chi connectivity index (χ2n) is 4.69. The summed E-state index contributed by atoms with van der Waals surface area (Å²) in [5.41, 5.74) is 5.03. The van der Waals surface area contributed by atoms with Gasteiger partial charge in [-0.15, -0.1) is 0 Å². The second-order valence-corrected chi connectivity index (χ2v) is 4.69. The molecule has 1 rings (SSSR count). The number of alkyl halides is 3. The molecule has 0 aliphatic heterocycles. The summed E-state index contributed by atoms with van der Waals surface area (Å²) in [6.07, 6.45) is 0.141. The third-order valence-corrected chi connectivity index (χ3v) is 3.10. The number of hydrogen-bond donors (Lipinski definition) is 1. The molecule has 0 heterocycles.